The minimum Gasteiger partial charge on any atom is -0.381 e. The highest BCUT2D eigenvalue weighted by Crippen LogP contribution is 2.31. The van der Waals surface area contributed by atoms with Crippen LogP contribution in [0.3, 0.4) is 0 Å². The minimum absolute atomic E-state index is 0. The van der Waals surface area contributed by atoms with Crippen LogP contribution >= 0.6 is 12.4 Å². The third-order valence-corrected chi connectivity index (χ3v) is 3.05. The largest absolute Gasteiger partial charge is 0.381 e. The van der Waals surface area contributed by atoms with Crippen molar-refractivity contribution in [2.24, 2.45) is 11.1 Å². The van der Waals surface area contributed by atoms with Gasteiger partial charge in [-0.2, -0.15) is 0 Å². The molecule has 1 saturated heterocycles. The van der Waals surface area contributed by atoms with E-state index in [1.54, 1.807) is 0 Å². The fraction of sp³-hybridized carbons (Fsp3) is 0.900. The van der Waals surface area contributed by atoms with Crippen LogP contribution in [0.15, 0.2) is 0 Å². The number of nitrogens with two attached hydrogens (primary N) is 1. The Morgan fingerprint density at radius 2 is 2.00 bits per heavy atom. The first-order chi connectivity index (χ1) is 7.52. The summed E-state index contributed by atoms with van der Waals surface area (Å²) < 4.78 is 29.5. The van der Waals surface area contributed by atoms with E-state index < -0.39 is 18.4 Å². The van der Waals surface area contributed by atoms with E-state index in [4.69, 9.17) is 10.5 Å². The summed E-state index contributed by atoms with van der Waals surface area (Å²) in [7, 11) is 1.39. The van der Waals surface area contributed by atoms with Crippen molar-refractivity contribution >= 4 is 18.3 Å². The lowest BCUT2D eigenvalue weighted by atomic mass is 9.79. The van der Waals surface area contributed by atoms with Gasteiger partial charge in [-0.3, -0.25) is 4.79 Å². The molecule has 0 unspecified atom stereocenters. The summed E-state index contributed by atoms with van der Waals surface area (Å²) in [6.07, 6.45) is -1.49. The van der Waals surface area contributed by atoms with Gasteiger partial charge in [-0.05, 0) is 12.8 Å². The van der Waals surface area contributed by atoms with Gasteiger partial charge in [-0.25, -0.2) is 8.78 Å². The van der Waals surface area contributed by atoms with Gasteiger partial charge in [0.05, 0.1) is 12.0 Å². The molecular weight excluding hydrogens is 254 g/mol. The third kappa shape index (κ3) is 4.04. The molecule has 0 aromatic carbocycles. The van der Waals surface area contributed by atoms with Crippen molar-refractivity contribution in [2.45, 2.75) is 19.3 Å². The maximum absolute atomic E-state index is 12.2. The second kappa shape index (κ2) is 7.08. The normalized spacial score (nSPS) is 18.6. The van der Waals surface area contributed by atoms with E-state index in [-0.39, 0.29) is 24.9 Å². The first kappa shape index (κ1) is 16.5. The Labute approximate surface area is 106 Å². The summed E-state index contributed by atoms with van der Waals surface area (Å²) in [5, 5.41) is 0. The predicted octanol–water partition coefficient (Wildman–Crippen LogP) is 0.887. The SMILES string of the molecule is CN(CC(F)F)C(=O)C1(CN)CCOCC1.Cl. The molecule has 4 nitrogen and oxygen atoms in total. The Morgan fingerprint density at radius 1 is 1.47 bits per heavy atom. The smallest absolute Gasteiger partial charge is 0.255 e. The van der Waals surface area contributed by atoms with Gasteiger partial charge >= 0.3 is 0 Å². The summed E-state index contributed by atoms with van der Waals surface area (Å²) in [4.78, 5) is 13.1. The van der Waals surface area contributed by atoms with E-state index in [2.05, 4.69) is 0 Å². The van der Waals surface area contributed by atoms with E-state index >= 15 is 0 Å². The number of hydrogen-bond acceptors (Lipinski definition) is 3. The molecule has 2 N–H and O–H groups in total. The average molecular weight is 273 g/mol. The van der Waals surface area contributed by atoms with Crippen LogP contribution in [0.5, 0.6) is 0 Å². The van der Waals surface area contributed by atoms with Crippen LogP contribution in [0.1, 0.15) is 12.8 Å². The summed E-state index contributed by atoms with van der Waals surface area (Å²) in [6, 6.07) is 0. The molecule has 17 heavy (non-hydrogen) atoms. The van der Waals surface area contributed by atoms with Crippen molar-refractivity contribution in [3.8, 4) is 0 Å². The topological polar surface area (TPSA) is 55.6 Å². The van der Waals surface area contributed by atoms with Crippen molar-refractivity contribution in [3.05, 3.63) is 0 Å². The van der Waals surface area contributed by atoms with Crippen LogP contribution in [-0.2, 0) is 9.53 Å². The van der Waals surface area contributed by atoms with Gasteiger partial charge in [0.15, 0.2) is 0 Å². The van der Waals surface area contributed by atoms with Gasteiger partial charge in [0, 0.05) is 26.8 Å². The molecule has 0 aromatic heterocycles. The molecule has 0 saturated carbocycles. The van der Waals surface area contributed by atoms with Crippen molar-refractivity contribution < 1.29 is 18.3 Å². The molecule has 1 amide bonds. The lowest BCUT2D eigenvalue weighted by Crippen LogP contribution is -2.50. The molecule has 0 aromatic rings. The summed E-state index contributed by atoms with van der Waals surface area (Å²) in [5.41, 5.74) is 4.91. The van der Waals surface area contributed by atoms with Crippen LogP contribution in [-0.4, -0.2) is 50.6 Å². The number of carbonyl (C=O) groups excluding carboxylic acids is 1. The Hall–Kier alpha value is -0.460. The molecule has 1 rings (SSSR count). The van der Waals surface area contributed by atoms with Gasteiger partial charge in [-0.15, -0.1) is 12.4 Å². The highest BCUT2D eigenvalue weighted by atomic mass is 35.5. The number of nitrogens with zero attached hydrogens (tertiary/aromatic N) is 1. The van der Waals surface area contributed by atoms with Crippen molar-refractivity contribution in [2.75, 3.05) is 33.4 Å². The Morgan fingerprint density at radius 3 is 2.41 bits per heavy atom. The zero-order chi connectivity index (χ0) is 12.2. The van der Waals surface area contributed by atoms with Gasteiger partial charge < -0.3 is 15.4 Å². The van der Waals surface area contributed by atoms with E-state index in [9.17, 15) is 13.6 Å². The molecule has 0 bridgehead atoms. The number of alkyl halides is 2. The van der Waals surface area contributed by atoms with Gasteiger partial charge in [0.25, 0.3) is 6.43 Å². The van der Waals surface area contributed by atoms with E-state index in [0.29, 0.717) is 26.1 Å². The van der Waals surface area contributed by atoms with Crippen molar-refractivity contribution in [1.82, 2.24) is 4.90 Å². The highest BCUT2D eigenvalue weighted by molar-refractivity contribution is 5.85. The van der Waals surface area contributed by atoms with E-state index in [0.717, 1.165) is 4.90 Å². The van der Waals surface area contributed by atoms with Gasteiger partial charge in [-0.1, -0.05) is 0 Å². The highest BCUT2D eigenvalue weighted by Gasteiger charge is 2.40. The first-order valence-electron chi connectivity index (χ1n) is 5.33. The average Bonchev–Trinajstić information content (AvgIpc) is 2.28. The quantitative estimate of drug-likeness (QED) is 0.827. The van der Waals surface area contributed by atoms with Crippen LogP contribution in [0.25, 0.3) is 0 Å². The zero-order valence-corrected chi connectivity index (χ0v) is 10.6. The molecule has 7 heteroatoms. The number of ether oxygens (including phenoxy) is 1. The first-order valence-corrected chi connectivity index (χ1v) is 5.33. The Bertz CT molecular complexity index is 248. The lowest BCUT2D eigenvalue weighted by molar-refractivity contribution is -0.147. The molecule has 0 aliphatic carbocycles. The second-order valence-corrected chi connectivity index (χ2v) is 4.17. The standard InChI is InChI=1S/C10H18F2N2O2.ClH/c1-14(6-8(11)12)9(15)10(7-13)2-4-16-5-3-10;/h8H,2-7,13H2,1H3;1H. The fourth-order valence-electron chi connectivity index (χ4n) is 1.96. The zero-order valence-electron chi connectivity index (χ0n) is 9.83. The summed E-state index contributed by atoms with van der Waals surface area (Å²) in [6.45, 7) is 0.571. The maximum atomic E-state index is 12.2. The van der Waals surface area contributed by atoms with Crippen LogP contribution in [0.2, 0.25) is 0 Å². The number of rotatable bonds is 4. The minimum atomic E-state index is -2.51. The second-order valence-electron chi connectivity index (χ2n) is 4.17. The lowest BCUT2D eigenvalue weighted by Gasteiger charge is -2.37. The molecule has 1 heterocycles. The Kier molecular flexibility index (Phi) is 6.89. The number of amides is 1. The van der Waals surface area contributed by atoms with E-state index in [1.807, 2.05) is 0 Å². The van der Waals surface area contributed by atoms with Crippen molar-refractivity contribution in [3.63, 3.8) is 0 Å². The molecule has 0 atom stereocenters. The number of hydrogen-bond donors (Lipinski definition) is 1. The molecule has 1 aliphatic heterocycles. The number of halogens is 3. The third-order valence-electron chi connectivity index (χ3n) is 3.05. The van der Waals surface area contributed by atoms with Crippen LogP contribution < -0.4 is 5.73 Å². The molecular formula is C10H19ClF2N2O2. The van der Waals surface area contributed by atoms with Crippen LogP contribution in [0, 0.1) is 5.41 Å². The summed E-state index contributed by atoms with van der Waals surface area (Å²) in [5.74, 6) is -0.293. The van der Waals surface area contributed by atoms with E-state index in [1.165, 1.54) is 7.05 Å². The molecule has 1 fully saturated rings. The monoisotopic (exact) mass is 272 g/mol. The Balaban J connectivity index is 0.00000256. The summed E-state index contributed by atoms with van der Waals surface area (Å²) >= 11 is 0. The molecule has 1 aliphatic rings. The molecule has 0 radical (unpaired) electrons. The van der Waals surface area contributed by atoms with Crippen LogP contribution in [0.4, 0.5) is 8.78 Å². The van der Waals surface area contributed by atoms with Gasteiger partial charge in [0.1, 0.15) is 0 Å². The molecule has 0 spiro atoms. The molecule has 102 valence electrons. The fourth-order valence-corrected chi connectivity index (χ4v) is 1.96. The maximum Gasteiger partial charge on any atom is 0.255 e. The predicted molar refractivity (Wildman–Crippen MR) is 62.4 cm³/mol. The number of carbonyl (C=O) groups is 1. The van der Waals surface area contributed by atoms with Gasteiger partial charge in [0.2, 0.25) is 5.91 Å². The van der Waals surface area contributed by atoms with Crippen molar-refractivity contribution in [1.29, 1.82) is 0 Å².